The molecular weight excluding hydrogens is 248 g/mol. The molecular formula is C12H18N4O3. The van der Waals surface area contributed by atoms with Crippen LogP contribution in [0.4, 0.5) is 0 Å². The largest absolute Gasteiger partial charge is 0.481 e. The highest BCUT2D eigenvalue weighted by atomic mass is 16.4. The van der Waals surface area contributed by atoms with Crippen molar-refractivity contribution in [3.63, 3.8) is 0 Å². The van der Waals surface area contributed by atoms with E-state index in [4.69, 9.17) is 10.8 Å². The molecule has 1 amide bonds. The van der Waals surface area contributed by atoms with Crippen molar-refractivity contribution in [1.29, 1.82) is 0 Å². The molecule has 1 aliphatic rings. The topological polar surface area (TPSA) is 101 Å². The number of hydrogen-bond acceptors (Lipinski definition) is 4. The van der Waals surface area contributed by atoms with Gasteiger partial charge in [0, 0.05) is 38.7 Å². The lowest BCUT2D eigenvalue weighted by Gasteiger charge is -2.26. The van der Waals surface area contributed by atoms with Gasteiger partial charge in [-0.1, -0.05) is 0 Å². The number of primary amides is 1. The predicted molar refractivity (Wildman–Crippen MR) is 67.6 cm³/mol. The molecule has 0 aliphatic carbocycles. The Bertz CT molecular complexity index is 509. The fourth-order valence-electron chi connectivity index (χ4n) is 2.45. The zero-order valence-corrected chi connectivity index (χ0v) is 10.9. The molecule has 3 N–H and O–H groups in total. The molecule has 0 bridgehead atoms. The lowest BCUT2D eigenvalue weighted by atomic mass is 10.1. The van der Waals surface area contributed by atoms with Gasteiger partial charge < -0.3 is 15.4 Å². The van der Waals surface area contributed by atoms with E-state index >= 15 is 0 Å². The minimum atomic E-state index is -0.772. The van der Waals surface area contributed by atoms with E-state index in [9.17, 15) is 9.59 Å². The van der Waals surface area contributed by atoms with Gasteiger partial charge >= 0.3 is 5.97 Å². The van der Waals surface area contributed by atoms with Crippen molar-refractivity contribution < 1.29 is 14.7 Å². The van der Waals surface area contributed by atoms with E-state index < -0.39 is 11.9 Å². The Balaban J connectivity index is 2.02. The Labute approximate surface area is 111 Å². The van der Waals surface area contributed by atoms with Gasteiger partial charge in [0.05, 0.1) is 5.69 Å². The summed E-state index contributed by atoms with van der Waals surface area (Å²) in [7, 11) is 1.80. The molecule has 0 atom stereocenters. The number of fused-ring (bicyclic) bond motifs is 1. The maximum atomic E-state index is 11.2. The van der Waals surface area contributed by atoms with Crippen LogP contribution in [-0.4, -0.2) is 44.5 Å². The minimum Gasteiger partial charge on any atom is -0.481 e. The molecule has 0 saturated heterocycles. The van der Waals surface area contributed by atoms with Crippen molar-refractivity contribution in [1.82, 2.24) is 14.5 Å². The van der Waals surface area contributed by atoms with Crippen LogP contribution in [0.1, 0.15) is 34.8 Å². The molecule has 0 unspecified atom stereocenters. The summed E-state index contributed by atoms with van der Waals surface area (Å²) in [5.74, 6) is -1.00. The SMILES string of the molecule is Cn1c(C(N)=O)nc2c1CCN(CCCC(=O)O)C2. The second kappa shape index (κ2) is 5.40. The van der Waals surface area contributed by atoms with Crippen LogP contribution < -0.4 is 5.73 Å². The molecule has 1 aliphatic heterocycles. The number of nitrogens with two attached hydrogens (primary N) is 1. The Kier molecular flexibility index (Phi) is 3.84. The number of carboxylic acid groups (broad SMARTS) is 1. The summed E-state index contributed by atoms with van der Waals surface area (Å²) in [4.78, 5) is 28.1. The van der Waals surface area contributed by atoms with Gasteiger partial charge in [0.25, 0.3) is 5.91 Å². The molecule has 7 nitrogen and oxygen atoms in total. The van der Waals surface area contributed by atoms with Crippen LogP contribution in [-0.2, 0) is 24.8 Å². The molecule has 0 radical (unpaired) electrons. The van der Waals surface area contributed by atoms with E-state index in [0.29, 0.717) is 13.0 Å². The lowest BCUT2D eigenvalue weighted by molar-refractivity contribution is -0.137. The van der Waals surface area contributed by atoms with E-state index in [-0.39, 0.29) is 12.2 Å². The van der Waals surface area contributed by atoms with Gasteiger partial charge in [0.15, 0.2) is 5.82 Å². The predicted octanol–water partition coefficient (Wildman–Crippen LogP) is -0.258. The molecule has 0 fully saturated rings. The molecule has 0 spiro atoms. The van der Waals surface area contributed by atoms with Crippen molar-refractivity contribution in [2.75, 3.05) is 13.1 Å². The zero-order chi connectivity index (χ0) is 14.0. The number of rotatable bonds is 5. The molecule has 2 heterocycles. The van der Waals surface area contributed by atoms with Crippen molar-refractivity contribution >= 4 is 11.9 Å². The van der Waals surface area contributed by atoms with Gasteiger partial charge in [-0.3, -0.25) is 14.5 Å². The van der Waals surface area contributed by atoms with Crippen LogP contribution in [0.3, 0.4) is 0 Å². The fourth-order valence-corrected chi connectivity index (χ4v) is 2.45. The number of imidazole rings is 1. The standard InChI is InChI=1S/C12H18N4O3/c1-15-9-4-6-16(5-2-3-10(17)18)7-8(9)14-12(15)11(13)19/h2-7H2,1H3,(H2,13,19)(H,17,18). The van der Waals surface area contributed by atoms with E-state index in [2.05, 4.69) is 9.88 Å². The van der Waals surface area contributed by atoms with Crippen LogP contribution >= 0.6 is 0 Å². The Morgan fingerprint density at radius 2 is 2.21 bits per heavy atom. The summed E-state index contributed by atoms with van der Waals surface area (Å²) in [5.41, 5.74) is 7.19. The van der Waals surface area contributed by atoms with Crippen molar-refractivity contribution in [3.8, 4) is 0 Å². The first kappa shape index (κ1) is 13.5. The van der Waals surface area contributed by atoms with Crippen LogP contribution in [0.25, 0.3) is 0 Å². The molecule has 1 aromatic rings. The van der Waals surface area contributed by atoms with Gasteiger partial charge in [-0.15, -0.1) is 0 Å². The number of hydrogen-bond donors (Lipinski definition) is 2. The summed E-state index contributed by atoms with van der Waals surface area (Å²) < 4.78 is 1.76. The van der Waals surface area contributed by atoms with Crippen molar-refractivity contribution in [2.45, 2.75) is 25.8 Å². The van der Waals surface area contributed by atoms with Crippen molar-refractivity contribution in [3.05, 3.63) is 17.2 Å². The van der Waals surface area contributed by atoms with E-state index in [0.717, 1.165) is 30.9 Å². The summed E-state index contributed by atoms with van der Waals surface area (Å²) in [5, 5.41) is 8.62. The second-order valence-electron chi connectivity index (χ2n) is 4.78. The highest BCUT2D eigenvalue weighted by Gasteiger charge is 2.24. The summed E-state index contributed by atoms with van der Waals surface area (Å²) >= 11 is 0. The van der Waals surface area contributed by atoms with E-state index in [1.54, 1.807) is 11.6 Å². The van der Waals surface area contributed by atoms with Crippen LogP contribution in [0, 0.1) is 0 Å². The first-order chi connectivity index (χ1) is 8.99. The lowest BCUT2D eigenvalue weighted by Crippen LogP contribution is -2.32. The first-order valence-electron chi connectivity index (χ1n) is 6.27. The van der Waals surface area contributed by atoms with Crippen molar-refractivity contribution in [2.24, 2.45) is 12.8 Å². The molecule has 7 heteroatoms. The summed E-state index contributed by atoms with van der Waals surface area (Å²) in [6, 6.07) is 0. The summed E-state index contributed by atoms with van der Waals surface area (Å²) in [6.45, 7) is 2.23. The number of aliphatic carboxylic acids is 1. The normalized spacial score (nSPS) is 15.2. The van der Waals surface area contributed by atoms with Gasteiger partial charge in [-0.25, -0.2) is 4.98 Å². The quantitative estimate of drug-likeness (QED) is 0.764. The number of carbonyl (C=O) groups is 2. The average molecular weight is 266 g/mol. The van der Waals surface area contributed by atoms with Gasteiger partial charge in [-0.05, 0) is 13.0 Å². The van der Waals surface area contributed by atoms with Crippen LogP contribution in [0.2, 0.25) is 0 Å². The third kappa shape index (κ3) is 2.93. The van der Waals surface area contributed by atoms with Gasteiger partial charge in [-0.2, -0.15) is 0 Å². The Morgan fingerprint density at radius 1 is 1.47 bits per heavy atom. The molecule has 0 aromatic carbocycles. The minimum absolute atomic E-state index is 0.179. The third-order valence-electron chi connectivity index (χ3n) is 3.42. The highest BCUT2D eigenvalue weighted by molar-refractivity contribution is 5.89. The zero-order valence-electron chi connectivity index (χ0n) is 10.9. The third-order valence-corrected chi connectivity index (χ3v) is 3.42. The van der Waals surface area contributed by atoms with Gasteiger partial charge in [0.2, 0.25) is 0 Å². The molecule has 2 rings (SSSR count). The second-order valence-corrected chi connectivity index (χ2v) is 4.78. The smallest absolute Gasteiger partial charge is 0.303 e. The Morgan fingerprint density at radius 3 is 2.84 bits per heavy atom. The molecule has 19 heavy (non-hydrogen) atoms. The van der Waals surface area contributed by atoms with Crippen LogP contribution in [0.15, 0.2) is 0 Å². The average Bonchev–Trinajstić information content (AvgIpc) is 2.66. The van der Waals surface area contributed by atoms with E-state index in [1.807, 2.05) is 0 Å². The molecule has 104 valence electrons. The first-order valence-corrected chi connectivity index (χ1v) is 6.27. The maximum Gasteiger partial charge on any atom is 0.303 e. The monoisotopic (exact) mass is 266 g/mol. The molecule has 0 saturated carbocycles. The number of nitrogens with zero attached hydrogens (tertiary/aromatic N) is 3. The Hall–Kier alpha value is -1.89. The maximum absolute atomic E-state index is 11.2. The fraction of sp³-hybridized carbons (Fsp3) is 0.583. The van der Waals surface area contributed by atoms with Crippen LogP contribution in [0.5, 0.6) is 0 Å². The number of amides is 1. The molecule has 1 aromatic heterocycles. The van der Waals surface area contributed by atoms with E-state index in [1.165, 1.54) is 0 Å². The number of carboxylic acids is 1. The summed E-state index contributed by atoms with van der Waals surface area (Å²) in [6.07, 6.45) is 1.61. The highest BCUT2D eigenvalue weighted by Crippen LogP contribution is 2.19. The number of aromatic nitrogens is 2. The number of carbonyl (C=O) groups excluding carboxylic acids is 1. The van der Waals surface area contributed by atoms with Gasteiger partial charge in [0.1, 0.15) is 0 Å².